The van der Waals surface area contributed by atoms with E-state index in [0.29, 0.717) is 29.8 Å². The molecule has 1 atom stereocenters. The van der Waals surface area contributed by atoms with Crippen molar-refractivity contribution in [3.05, 3.63) is 70.9 Å². The Hall–Kier alpha value is -2.93. The quantitative estimate of drug-likeness (QED) is 0.618. The highest BCUT2D eigenvalue weighted by atomic mass is 32.2. The van der Waals surface area contributed by atoms with Gasteiger partial charge in [-0.2, -0.15) is 0 Å². The molecular weight excluding hydrogens is 401 g/mol. The number of ether oxygens (including phenoxy) is 1. The maximum atomic E-state index is 14.7. The number of amides is 1. The number of benzene rings is 2. The third kappa shape index (κ3) is 4.03. The standard InChI is InChI=1S/C23H22FN3O2S/c1-13-11-25-14(2)21(27-13)15-8-16-9-17(29-22(16)19(24)10-15)12-26-23(28)18-6-4-5-7-20(18)30-3/h4-8,10-11,17H,9,12H2,1-3H3,(H,26,28). The lowest BCUT2D eigenvalue weighted by Crippen LogP contribution is -2.34. The molecule has 4 rings (SSSR count). The van der Waals surface area contributed by atoms with Crippen molar-refractivity contribution in [2.75, 3.05) is 12.8 Å². The molecule has 0 bridgehead atoms. The van der Waals surface area contributed by atoms with Gasteiger partial charge < -0.3 is 10.1 Å². The summed E-state index contributed by atoms with van der Waals surface area (Å²) in [7, 11) is 0. The zero-order valence-corrected chi connectivity index (χ0v) is 17.8. The molecule has 30 heavy (non-hydrogen) atoms. The SMILES string of the molecule is CSc1ccccc1C(=O)NCC1Cc2cc(-c3nc(C)cnc3C)cc(F)c2O1. The van der Waals surface area contributed by atoms with Crippen LogP contribution >= 0.6 is 11.8 Å². The summed E-state index contributed by atoms with van der Waals surface area (Å²) in [6.07, 6.45) is 3.83. The van der Waals surface area contributed by atoms with Crippen LogP contribution in [0.2, 0.25) is 0 Å². The van der Waals surface area contributed by atoms with Gasteiger partial charge in [0.1, 0.15) is 6.10 Å². The molecule has 3 aromatic rings. The topological polar surface area (TPSA) is 64.1 Å². The second kappa shape index (κ2) is 8.44. The van der Waals surface area contributed by atoms with Gasteiger partial charge >= 0.3 is 0 Å². The van der Waals surface area contributed by atoms with Crippen molar-refractivity contribution >= 4 is 17.7 Å². The van der Waals surface area contributed by atoms with Gasteiger partial charge in [-0.25, -0.2) is 9.37 Å². The molecule has 1 amide bonds. The number of aromatic nitrogens is 2. The van der Waals surface area contributed by atoms with Crippen molar-refractivity contribution in [2.24, 2.45) is 0 Å². The first kappa shape index (κ1) is 20.3. The summed E-state index contributed by atoms with van der Waals surface area (Å²) < 4.78 is 20.5. The van der Waals surface area contributed by atoms with Crippen LogP contribution < -0.4 is 10.1 Å². The summed E-state index contributed by atoms with van der Waals surface area (Å²) in [6.45, 7) is 4.01. The predicted octanol–water partition coefficient (Wildman–Crippen LogP) is 4.35. The van der Waals surface area contributed by atoms with Gasteiger partial charge in [0, 0.05) is 28.6 Å². The number of fused-ring (bicyclic) bond motifs is 1. The Morgan fingerprint density at radius 1 is 1.30 bits per heavy atom. The summed E-state index contributed by atoms with van der Waals surface area (Å²) in [6, 6.07) is 10.8. The highest BCUT2D eigenvalue weighted by molar-refractivity contribution is 7.98. The predicted molar refractivity (Wildman–Crippen MR) is 116 cm³/mol. The number of thioether (sulfide) groups is 1. The fourth-order valence-electron chi connectivity index (χ4n) is 3.58. The average Bonchev–Trinajstić information content (AvgIpc) is 3.17. The Morgan fingerprint density at radius 2 is 2.10 bits per heavy atom. The number of rotatable bonds is 5. The molecule has 0 fully saturated rings. The molecule has 1 aromatic heterocycles. The van der Waals surface area contributed by atoms with Crippen LogP contribution in [0.1, 0.15) is 27.3 Å². The zero-order valence-electron chi connectivity index (χ0n) is 17.0. The van der Waals surface area contributed by atoms with Crippen LogP contribution in [-0.4, -0.2) is 34.8 Å². The van der Waals surface area contributed by atoms with Crippen LogP contribution in [0.5, 0.6) is 5.75 Å². The van der Waals surface area contributed by atoms with E-state index in [9.17, 15) is 9.18 Å². The normalized spacial score (nSPS) is 14.9. The van der Waals surface area contributed by atoms with E-state index < -0.39 is 5.82 Å². The van der Waals surface area contributed by atoms with Crippen molar-refractivity contribution in [3.8, 4) is 17.0 Å². The maximum absolute atomic E-state index is 14.7. The van der Waals surface area contributed by atoms with Gasteiger partial charge in [0.15, 0.2) is 11.6 Å². The summed E-state index contributed by atoms with van der Waals surface area (Å²) in [5.74, 6) is -0.334. The monoisotopic (exact) mass is 423 g/mol. The van der Waals surface area contributed by atoms with E-state index in [4.69, 9.17) is 4.74 Å². The fraction of sp³-hybridized carbons (Fsp3) is 0.261. The Labute approximate surface area is 179 Å². The van der Waals surface area contributed by atoms with Crippen molar-refractivity contribution in [1.82, 2.24) is 15.3 Å². The number of nitrogens with one attached hydrogen (secondary N) is 1. The Bertz CT molecular complexity index is 1120. The summed E-state index contributed by atoms with van der Waals surface area (Å²) >= 11 is 1.52. The highest BCUT2D eigenvalue weighted by Crippen LogP contribution is 2.36. The summed E-state index contributed by atoms with van der Waals surface area (Å²) in [4.78, 5) is 22.3. The minimum absolute atomic E-state index is 0.161. The molecule has 154 valence electrons. The lowest BCUT2D eigenvalue weighted by Gasteiger charge is -2.13. The lowest BCUT2D eigenvalue weighted by molar-refractivity contribution is 0.0930. The third-order valence-corrected chi connectivity index (χ3v) is 5.84. The Kier molecular flexibility index (Phi) is 5.72. The van der Waals surface area contributed by atoms with E-state index in [2.05, 4.69) is 15.3 Å². The van der Waals surface area contributed by atoms with E-state index in [1.165, 1.54) is 17.8 Å². The molecule has 0 radical (unpaired) electrons. The first-order valence-electron chi connectivity index (χ1n) is 9.67. The van der Waals surface area contributed by atoms with Crippen LogP contribution in [0.3, 0.4) is 0 Å². The fourth-order valence-corrected chi connectivity index (χ4v) is 4.18. The highest BCUT2D eigenvalue weighted by Gasteiger charge is 2.28. The summed E-state index contributed by atoms with van der Waals surface area (Å²) in [5.41, 5.74) is 4.28. The van der Waals surface area contributed by atoms with Crippen LogP contribution in [0.25, 0.3) is 11.3 Å². The summed E-state index contributed by atoms with van der Waals surface area (Å²) in [5, 5.41) is 2.91. The van der Waals surface area contributed by atoms with Crippen LogP contribution in [0.15, 0.2) is 47.5 Å². The van der Waals surface area contributed by atoms with Gasteiger partial charge in [-0.3, -0.25) is 9.78 Å². The minimum Gasteiger partial charge on any atom is -0.485 e. The van der Waals surface area contributed by atoms with Crippen molar-refractivity contribution in [2.45, 2.75) is 31.3 Å². The number of hydrogen-bond acceptors (Lipinski definition) is 5. The molecule has 0 spiro atoms. The van der Waals surface area contributed by atoms with Crippen LogP contribution in [0.4, 0.5) is 4.39 Å². The van der Waals surface area contributed by atoms with Gasteiger partial charge in [-0.1, -0.05) is 12.1 Å². The number of hydrogen-bond donors (Lipinski definition) is 1. The Balaban J connectivity index is 1.49. The van der Waals surface area contributed by atoms with Crippen LogP contribution in [-0.2, 0) is 6.42 Å². The van der Waals surface area contributed by atoms with Gasteiger partial charge in [0.05, 0.1) is 29.2 Å². The van der Waals surface area contributed by atoms with E-state index >= 15 is 0 Å². The molecule has 1 aliphatic heterocycles. The van der Waals surface area contributed by atoms with E-state index in [0.717, 1.165) is 21.8 Å². The van der Waals surface area contributed by atoms with Crippen LogP contribution in [0, 0.1) is 19.7 Å². The molecule has 2 aromatic carbocycles. The molecule has 0 aliphatic carbocycles. The number of carbonyl (C=O) groups is 1. The van der Waals surface area contributed by atoms with Gasteiger partial charge in [-0.15, -0.1) is 11.8 Å². The number of aryl methyl sites for hydroxylation is 2. The average molecular weight is 424 g/mol. The van der Waals surface area contributed by atoms with Gasteiger partial charge in [-0.05, 0) is 44.4 Å². The van der Waals surface area contributed by atoms with E-state index in [1.807, 2.05) is 44.4 Å². The molecule has 1 N–H and O–H groups in total. The molecular formula is C23H22FN3O2S. The number of nitrogens with zero attached hydrogens (tertiary/aromatic N) is 2. The second-order valence-corrected chi connectivity index (χ2v) is 8.09. The molecule has 0 saturated carbocycles. The number of halogens is 1. The van der Waals surface area contributed by atoms with E-state index in [-0.39, 0.29) is 17.8 Å². The van der Waals surface area contributed by atoms with Crippen molar-refractivity contribution < 1.29 is 13.9 Å². The second-order valence-electron chi connectivity index (χ2n) is 7.25. The van der Waals surface area contributed by atoms with Gasteiger partial charge in [0.25, 0.3) is 5.91 Å². The molecule has 1 aliphatic rings. The molecule has 2 heterocycles. The first-order valence-corrected chi connectivity index (χ1v) is 10.9. The Morgan fingerprint density at radius 3 is 2.90 bits per heavy atom. The maximum Gasteiger partial charge on any atom is 0.252 e. The molecule has 0 saturated heterocycles. The molecule has 7 heteroatoms. The first-order chi connectivity index (χ1) is 14.5. The third-order valence-electron chi connectivity index (χ3n) is 5.04. The molecule has 5 nitrogen and oxygen atoms in total. The van der Waals surface area contributed by atoms with Crippen molar-refractivity contribution in [1.29, 1.82) is 0 Å². The van der Waals surface area contributed by atoms with E-state index in [1.54, 1.807) is 12.3 Å². The number of carbonyl (C=O) groups excluding carboxylic acids is 1. The smallest absolute Gasteiger partial charge is 0.252 e. The minimum atomic E-state index is -0.424. The largest absolute Gasteiger partial charge is 0.485 e. The van der Waals surface area contributed by atoms with Gasteiger partial charge in [0.2, 0.25) is 0 Å². The lowest BCUT2D eigenvalue weighted by atomic mass is 10.0. The zero-order chi connectivity index (χ0) is 21.3. The molecule has 1 unspecified atom stereocenters. The van der Waals surface area contributed by atoms with Crippen molar-refractivity contribution in [3.63, 3.8) is 0 Å².